The highest BCUT2D eigenvalue weighted by atomic mass is 32.2. The molecule has 1 aliphatic heterocycles. The molecule has 1 aliphatic rings. The predicted molar refractivity (Wildman–Crippen MR) is 125 cm³/mol. The van der Waals surface area contributed by atoms with Crippen LogP contribution in [0.3, 0.4) is 0 Å². The van der Waals surface area contributed by atoms with Crippen molar-refractivity contribution in [2.24, 2.45) is 0 Å². The van der Waals surface area contributed by atoms with Crippen LogP contribution < -0.4 is 16.0 Å². The summed E-state index contributed by atoms with van der Waals surface area (Å²) in [6.45, 7) is 4.75. The second kappa shape index (κ2) is 10.6. The van der Waals surface area contributed by atoms with Crippen LogP contribution in [-0.2, 0) is 21.2 Å². The summed E-state index contributed by atoms with van der Waals surface area (Å²) in [5.41, 5.74) is 2.39. The first-order valence-corrected chi connectivity index (χ1v) is 12.5. The molecule has 32 heavy (non-hydrogen) atoms. The van der Waals surface area contributed by atoms with Gasteiger partial charge in [-0.15, -0.1) is 0 Å². The van der Waals surface area contributed by atoms with Crippen molar-refractivity contribution in [3.8, 4) is 0 Å². The molecule has 0 aromatic heterocycles. The zero-order valence-electron chi connectivity index (χ0n) is 18.4. The molecule has 172 valence electrons. The van der Waals surface area contributed by atoms with Crippen LogP contribution in [0.2, 0.25) is 0 Å². The smallest absolute Gasteiger partial charge is 0.319 e. The average Bonchev–Trinajstić information content (AvgIpc) is 2.75. The molecule has 1 unspecified atom stereocenters. The van der Waals surface area contributed by atoms with Gasteiger partial charge in [-0.3, -0.25) is 9.69 Å². The zero-order valence-corrected chi connectivity index (χ0v) is 19.2. The maximum atomic E-state index is 13.1. The lowest BCUT2D eigenvalue weighted by atomic mass is 10.0. The number of benzene rings is 2. The van der Waals surface area contributed by atoms with Crippen LogP contribution in [0.25, 0.3) is 0 Å². The Morgan fingerprint density at radius 1 is 0.969 bits per heavy atom. The van der Waals surface area contributed by atoms with Crippen molar-refractivity contribution in [2.45, 2.75) is 32.5 Å². The summed E-state index contributed by atoms with van der Waals surface area (Å²) in [6.07, 6.45) is 0. The minimum absolute atomic E-state index is 0.0436. The minimum atomic E-state index is -3.04. The third kappa shape index (κ3) is 6.80. The van der Waals surface area contributed by atoms with E-state index in [0.717, 1.165) is 11.1 Å². The number of urea groups is 1. The van der Waals surface area contributed by atoms with Crippen LogP contribution in [0.5, 0.6) is 0 Å². The summed E-state index contributed by atoms with van der Waals surface area (Å²) in [5, 5.41) is 8.49. The van der Waals surface area contributed by atoms with Gasteiger partial charge in [-0.05, 0) is 37.1 Å². The van der Waals surface area contributed by atoms with E-state index >= 15 is 0 Å². The van der Waals surface area contributed by atoms with Crippen molar-refractivity contribution >= 4 is 27.5 Å². The third-order valence-electron chi connectivity index (χ3n) is 5.21. The monoisotopic (exact) mass is 458 g/mol. The van der Waals surface area contributed by atoms with Gasteiger partial charge in [0.15, 0.2) is 9.84 Å². The first-order valence-electron chi connectivity index (χ1n) is 10.7. The van der Waals surface area contributed by atoms with E-state index in [1.54, 1.807) is 12.1 Å². The summed E-state index contributed by atoms with van der Waals surface area (Å²) in [5.74, 6) is -0.0562. The molecule has 8 nitrogen and oxygen atoms in total. The van der Waals surface area contributed by atoms with Gasteiger partial charge < -0.3 is 16.0 Å². The molecule has 0 bridgehead atoms. The number of carbonyl (C=O) groups is 2. The highest BCUT2D eigenvalue weighted by molar-refractivity contribution is 7.91. The van der Waals surface area contributed by atoms with Gasteiger partial charge in [0.25, 0.3) is 0 Å². The van der Waals surface area contributed by atoms with Crippen molar-refractivity contribution in [1.29, 1.82) is 0 Å². The largest absolute Gasteiger partial charge is 0.350 e. The Labute approximate surface area is 189 Å². The normalized spacial score (nSPS) is 16.8. The number of hydrogen-bond donors (Lipinski definition) is 3. The third-order valence-corrected chi connectivity index (χ3v) is 6.82. The fourth-order valence-electron chi connectivity index (χ4n) is 3.57. The Morgan fingerprint density at radius 3 is 2.19 bits per heavy atom. The van der Waals surface area contributed by atoms with Crippen molar-refractivity contribution in [2.75, 3.05) is 29.9 Å². The molecule has 1 saturated heterocycles. The van der Waals surface area contributed by atoms with Crippen molar-refractivity contribution in [3.63, 3.8) is 0 Å². The van der Waals surface area contributed by atoms with Crippen LogP contribution in [0.15, 0.2) is 54.6 Å². The van der Waals surface area contributed by atoms with Crippen molar-refractivity contribution in [1.82, 2.24) is 15.5 Å². The van der Waals surface area contributed by atoms with E-state index in [9.17, 15) is 18.0 Å². The average molecular weight is 459 g/mol. The van der Waals surface area contributed by atoms with Crippen LogP contribution >= 0.6 is 0 Å². The van der Waals surface area contributed by atoms with E-state index in [1.165, 1.54) is 0 Å². The standard InChI is InChI=1S/C23H30N4O4S/c1-17(2)25-23(29)26-20-10-8-18(9-11-20)16-24-22(28)21(19-6-4-3-5-7-19)27-12-14-32(30,31)15-13-27/h3-11,17,21H,12-16H2,1-2H3,(H,24,28)(H2,25,26,29). The molecular formula is C23H30N4O4S. The molecule has 1 heterocycles. The molecule has 0 aliphatic carbocycles. The molecule has 2 aromatic carbocycles. The fourth-order valence-corrected chi connectivity index (χ4v) is 4.80. The number of carbonyl (C=O) groups excluding carboxylic acids is 2. The highest BCUT2D eigenvalue weighted by Gasteiger charge is 2.32. The lowest BCUT2D eigenvalue weighted by Gasteiger charge is -2.33. The Hall–Kier alpha value is -2.91. The number of nitrogens with zero attached hydrogens (tertiary/aromatic N) is 1. The lowest BCUT2D eigenvalue weighted by molar-refractivity contribution is -0.126. The maximum Gasteiger partial charge on any atom is 0.319 e. The molecule has 2 aromatic rings. The van der Waals surface area contributed by atoms with Gasteiger partial charge in [-0.1, -0.05) is 42.5 Å². The minimum Gasteiger partial charge on any atom is -0.350 e. The zero-order chi connectivity index (χ0) is 23.1. The number of amides is 3. The van der Waals surface area contributed by atoms with Crippen LogP contribution in [0, 0.1) is 0 Å². The Morgan fingerprint density at radius 2 is 1.59 bits per heavy atom. The first kappa shape index (κ1) is 23.7. The molecule has 3 rings (SSSR count). The molecule has 0 spiro atoms. The van der Waals surface area contributed by atoms with E-state index in [2.05, 4.69) is 16.0 Å². The summed E-state index contributed by atoms with van der Waals surface area (Å²) >= 11 is 0. The topological polar surface area (TPSA) is 108 Å². The van der Waals surface area contributed by atoms with Gasteiger partial charge in [0.2, 0.25) is 5.91 Å². The number of sulfone groups is 1. The first-order chi connectivity index (χ1) is 15.2. The van der Waals surface area contributed by atoms with E-state index in [0.29, 0.717) is 25.3 Å². The summed E-state index contributed by atoms with van der Waals surface area (Å²) in [4.78, 5) is 26.8. The van der Waals surface area contributed by atoms with Crippen molar-refractivity contribution in [3.05, 3.63) is 65.7 Å². The number of rotatable bonds is 7. The molecule has 1 fully saturated rings. The Bertz CT molecular complexity index is 1010. The van der Waals surface area contributed by atoms with Crippen LogP contribution in [0.4, 0.5) is 10.5 Å². The summed E-state index contributed by atoms with van der Waals surface area (Å²) < 4.78 is 23.7. The van der Waals surface area contributed by atoms with Gasteiger partial charge in [-0.2, -0.15) is 0 Å². The number of hydrogen-bond acceptors (Lipinski definition) is 5. The molecule has 3 N–H and O–H groups in total. The van der Waals surface area contributed by atoms with Gasteiger partial charge in [-0.25, -0.2) is 13.2 Å². The maximum absolute atomic E-state index is 13.1. The molecular weight excluding hydrogens is 428 g/mol. The van der Waals surface area contributed by atoms with Crippen LogP contribution in [0.1, 0.15) is 31.0 Å². The summed E-state index contributed by atoms with van der Waals surface area (Å²) in [7, 11) is -3.04. The number of anilines is 1. The fraction of sp³-hybridized carbons (Fsp3) is 0.391. The Kier molecular flexibility index (Phi) is 7.87. The Balaban J connectivity index is 1.63. The molecule has 0 saturated carbocycles. The second-order valence-electron chi connectivity index (χ2n) is 8.17. The molecule has 3 amide bonds. The molecule has 0 radical (unpaired) electrons. The van der Waals surface area contributed by atoms with Crippen molar-refractivity contribution < 1.29 is 18.0 Å². The van der Waals surface area contributed by atoms with E-state index in [1.807, 2.05) is 61.2 Å². The predicted octanol–water partition coefficient (Wildman–Crippen LogP) is 2.30. The molecule has 1 atom stereocenters. The quantitative estimate of drug-likeness (QED) is 0.590. The van der Waals surface area contributed by atoms with E-state index < -0.39 is 15.9 Å². The number of nitrogens with one attached hydrogen (secondary N) is 3. The SMILES string of the molecule is CC(C)NC(=O)Nc1ccc(CNC(=O)C(c2ccccc2)N2CCS(=O)(=O)CC2)cc1. The van der Waals surface area contributed by atoms with Gasteiger partial charge in [0.05, 0.1) is 11.5 Å². The molecule has 9 heteroatoms. The van der Waals surface area contributed by atoms with Crippen LogP contribution in [-0.4, -0.2) is 55.9 Å². The summed E-state index contributed by atoms with van der Waals surface area (Å²) in [6, 6.07) is 15.9. The highest BCUT2D eigenvalue weighted by Crippen LogP contribution is 2.23. The second-order valence-corrected chi connectivity index (χ2v) is 10.5. The van der Waals surface area contributed by atoms with E-state index in [-0.39, 0.29) is 29.5 Å². The van der Waals surface area contributed by atoms with Gasteiger partial charge in [0, 0.05) is 31.4 Å². The lowest BCUT2D eigenvalue weighted by Crippen LogP contribution is -2.47. The van der Waals surface area contributed by atoms with Gasteiger partial charge >= 0.3 is 6.03 Å². The van der Waals surface area contributed by atoms with E-state index in [4.69, 9.17) is 0 Å². The van der Waals surface area contributed by atoms with Gasteiger partial charge in [0.1, 0.15) is 6.04 Å².